The molecule has 1 saturated heterocycles. The van der Waals surface area contributed by atoms with Gasteiger partial charge in [-0.1, -0.05) is 72.8 Å². The lowest BCUT2D eigenvalue weighted by Gasteiger charge is -2.17. The number of carbonyl (C=O) groups excluding carboxylic acids is 1. The van der Waals surface area contributed by atoms with Gasteiger partial charge in [-0.2, -0.15) is 0 Å². The number of benzene rings is 3. The molecule has 3 aromatic rings. The van der Waals surface area contributed by atoms with Gasteiger partial charge in [0, 0.05) is 24.6 Å². The van der Waals surface area contributed by atoms with Gasteiger partial charge in [-0.05, 0) is 35.2 Å². The van der Waals surface area contributed by atoms with Crippen LogP contribution in [0.2, 0.25) is 0 Å². The Bertz CT molecular complexity index is 840. The van der Waals surface area contributed by atoms with E-state index < -0.39 is 0 Å². The van der Waals surface area contributed by atoms with Crippen molar-refractivity contribution in [2.24, 2.45) is 0 Å². The summed E-state index contributed by atoms with van der Waals surface area (Å²) in [5.41, 5.74) is 4.41. The van der Waals surface area contributed by atoms with Crippen molar-refractivity contribution >= 4 is 5.91 Å². The molecular formula is C23H21NO. The Morgan fingerprint density at radius 2 is 1.36 bits per heavy atom. The van der Waals surface area contributed by atoms with Crippen molar-refractivity contribution in [3.05, 3.63) is 96.1 Å². The van der Waals surface area contributed by atoms with Crippen LogP contribution in [0.25, 0.3) is 11.1 Å². The van der Waals surface area contributed by atoms with Crippen molar-refractivity contribution in [2.75, 3.05) is 13.1 Å². The summed E-state index contributed by atoms with van der Waals surface area (Å²) < 4.78 is 0. The fourth-order valence-electron chi connectivity index (χ4n) is 3.56. The maximum atomic E-state index is 12.8. The highest BCUT2D eigenvalue weighted by atomic mass is 16.2. The van der Waals surface area contributed by atoms with E-state index in [0.29, 0.717) is 5.92 Å². The summed E-state index contributed by atoms with van der Waals surface area (Å²) in [5, 5.41) is 0. The fraction of sp³-hybridized carbons (Fsp3) is 0.174. The average Bonchev–Trinajstić information content (AvgIpc) is 3.19. The van der Waals surface area contributed by atoms with Crippen LogP contribution in [0.4, 0.5) is 0 Å². The molecule has 0 aliphatic carbocycles. The molecule has 0 spiro atoms. The van der Waals surface area contributed by atoms with Gasteiger partial charge < -0.3 is 4.90 Å². The van der Waals surface area contributed by atoms with Crippen LogP contribution in [0.3, 0.4) is 0 Å². The molecule has 0 aromatic heterocycles. The van der Waals surface area contributed by atoms with Crippen LogP contribution in [0, 0.1) is 0 Å². The van der Waals surface area contributed by atoms with E-state index in [1.807, 2.05) is 53.4 Å². The van der Waals surface area contributed by atoms with Gasteiger partial charge >= 0.3 is 0 Å². The van der Waals surface area contributed by atoms with E-state index in [-0.39, 0.29) is 5.91 Å². The van der Waals surface area contributed by atoms with Gasteiger partial charge in [-0.25, -0.2) is 0 Å². The first-order chi connectivity index (χ1) is 12.3. The zero-order valence-corrected chi connectivity index (χ0v) is 14.1. The average molecular weight is 327 g/mol. The van der Waals surface area contributed by atoms with Crippen LogP contribution >= 0.6 is 0 Å². The molecule has 1 atom stereocenters. The predicted molar refractivity (Wildman–Crippen MR) is 102 cm³/mol. The molecule has 2 nitrogen and oxygen atoms in total. The molecular weight excluding hydrogens is 306 g/mol. The number of amides is 1. The van der Waals surface area contributed by atoms with E-state index >= 15 is 0 Å². The summed E-state index contributed by atoms with van der Waals surface area (Å²) in [6.07, 6.45) is 1.04. The van der Waals surface area contributed by atoms with Crippen LogP contribution in [0.1, 0.15) is 28.3 Å². The zero-order valence-electron chi connectivity index (χ0n) is 14.1. The Balaban J connectivity index is 1.46. The highest BCUT2D eigenvalue weighted by Gasteiger charge is 2.27. The number of nitrogens with zero attached hydrogens (tertiary/aromatic N) is 1. The lowest BCUT2D eigenvalue weighted by atomic mass is 9.99. The van der Waals surface area contributed by atoms with Gasteiger partial charge in [-0.3, -0.25) is 4.79 Å². The number of rotatable bonds is 3. The molecule has 1 heterocycles. The van der Waals surface area contributed by atoms with E-state index in [1.54, 1.807) is 0 Å². The van der Waals surface area contributed by atoms with Crippen molar-refractivity contribution in [3.63, 3.8) is 0 Å². The second-order valence-electron chi connectivity index (χ2n) is 6.59. The Hall–Kier alpha value is -2.87. The molecule has 25 heavy (non-hydrogen) atoms. The van der Waals surface area contributed by atoms with Crippen LogP contribution in [0.15, 0.2) is 84.9 Å². The van der Waals surface area contributed by atoms with Gasteiger partial charge in [0.15, 0.2) is 0 Å². The van der Waals surface area contributed by atoms with Gasteiger partial charge in [0.25, 0.3) is 5.91 Å². The van der Waals surface area contributed by atoms with Gasteiger partial charge in [0.2, 0.25) is 0 Å². The van der Waals surface area contributed by atoms with E-state index in [2.05, 4.69) is 36.4 Å². The van der Waals surface area contributed by atoms with Crippen LogP contribution in [-0.4, -0.2) is 23.9 Å². The lowest BCUT2D eigenvalue weighted by Crippen LogP contribution is -2.28. The van der Waals surface area contributed by atoms with Crippen molar-refractivity contribution in [3.8, 4) is 11.1 Å². The smallest absolute Gasteiger partial charge is 0.253 e. The first-order valence-electron chi connectivity index (χ1n) is 8.81. The minimum absolute atomic E-state index is 0.137. The second kappa shape index (κ2) is 6.94. The summed E-state index contributed by atoms with van der Waals surface area (Å²) in [6, 6.07) is 28.7. The standard InChI is InChI=1S/C23H21NO/c25-23(24-16-15-22(17-24)19-9-5-2-6-10-19)21-13-11-20(12-14-21)18-7-3-1-4-8-18/h1-14,22H,15-17H2/t22-/m0/s1. The molecule has 0 unspecified atom stereocenters. The topological polar surface area (TPSA) is 20.3 Å². The largest absolute Gasteiger partial charge is 0.338 e. The monoisotopic (exact) mass is 327 g/mol. The molecule has 1 aliphatic heterocycles. The molecule has 2 heteroatoms. The third kappa shape index (κ3) is 3.34. The van der Waals surface area contributed by atoms with Crippen LogP contribution in [0.5, 0.6) is 0 Å². The van der Waals surface area contributed by atoms with Crippen molar-refractivity contribution < 1.29 is 4.79 Å². The van der Waals surface area contributed by atoms with E-state index in [0.717, 1.165) is 30.6 Å². The van der Waals surface area contributed by atoms with E-state index in [9.17, 15) is 4.79 Å². The lowest BCUT2D eigenvalue weighted by molar-refractivity contribution is 0.0791. The minimum Gasteiger partial charge on any atom is -0.338 e. The first-order valence-corrected chi connectivity index (χ1v) is 8.81. The highest BCUT2D eigenvalue weighted by Crippen LogP contribution is 2.28. The molecule has 0 radical (unpaired) electrons. The summed E-state index contributed by atoms with van der Waals surface area (Å²) in [4.78, 5) is 14.8. The number of likely N-dealkylation sites (tertiary alicyclic amines) is 1. The summed E-state index contributed by atoms with van der Waals surface area (Å²) in [5.74, 6) is 0.590. The van der Waals surface area contributed by atoms with Crippen molar-refractivity contribution in [2.45, 2.75) is 12.3 Å². The highest BCUT2D eigenvalue weighted by molar-refractivity contribution is 5.95. The van der Waals surface area contributed by atoms with E-state index in [4.69, 9.17) is 0 Å². The predicted octanol–water partition coefficient (Wildman–Crippen LogP) is 4.98. The van der Waals surface area contributed by atoms with Crippen LogP contribution < -0.4 is 0 Å². The second-order valence-corrected chi connectivity index (χ2v) is 6.59. The molecule has 0 bridgehead atoms. The minimum atomic E-state index is 0.137. The molecule has 1 fully saturated rings. The Morgan fingerprint density at radius 1 is 0.760 bits per heavy atom. The maximum absolute atomic E-state index is 12.8. The molecule has 1 aliphatic rings. The quantitative estimate of drug-likeness (QED) is 0.664. The summed E-state index contributed by atoms with van der Waals surface area (Å²) in [6.45, 7) is 1.64. The van der Waals surface area contributed by atoms with Gasteiger partial charge in [-0.15, -0.1) is 0 Å². The third-order valence-corrected chi connectivity index (χ3v) is 4.99. The number of carbonyl (C=O) groups is 1. The number of hydrogen-bond donors (Lipinski definition) is 0. The summed E-state index contributed by atoms with van der Waals surface area (Å²) in [7, 11) is 0. The molecule has 0 saturated carbocycles. The van der Waals surface area contributed by atoms with Crippen molar-refractivity contribution in [1.29, 1.82) is 0 Å². The Morgan fingerprint density at radius 3 is 2.04 bits per heavy atom. The third-order valence-electron chi connectivity index (χ3n) is 4.99. The van der Waals surface area contributed by atoms with Gasteiger partial charge in [0.1, 0.15) is 0 Å². The fourth-order valence-corrected chi connectivity index (χ4v) is 3.56. The molecule has 1 amide bonds. The zero-order chi connectivity index (χ0) is 17.1. The SMILES string of the molecule is O=C(c1ccc(-c2ccccc2)cc1)N1CC[C@H](c2ccccc2)C1. The Kier molecular flexibility index (Phi) is 4.34. The number of hydrogen-bond acceptors (Lipinski definition) is 1. The first kappa shape index (κ1) is 15.6. The van der Waals surface area contributed by atoms with Crippen LogP contribution in [-0.2, 0) is 0 Å². The molecule has 124 valence electrons. The van der Waals surface area contributed by atoms with Gasteiger partial charge in [0.05, 0.1) is 0 Å². The molecule has 3 aromatic carbocycles. The normalized spacial score (nSPS) is 16.8. The summed E-state index contributed by atoms with van der Waals surface area (Å²) >= 11 is 0. The Labute approximate surface area is 148 Å². The van der Waals surface area contributed by atoms with Crippen molar-refractivity contribution in [1.82, 2.24) is 4.90 Å². The maximum Gasteiger partial charge on any atom is 0.253 e. The molecule has 4 rings (SSSR count). The van der Waals surface area contributed by atoms with E-state index in [1.165, 1.54) is 11.1 Å². The molecule has 0 N–H and O–H groups in total.